The van der Waals surface area contributed by atoms with Crippen molar-refractivity contribution in [2.75, 3.05) is 5.75 Å². The highest BCUT2D eigenvalue weighted by molar-refractivity contribution is 7.98. The first-order chi connectivity index (χ1) is 6.70. The molecule has 1 aliphatic rings. The number of rotatable bonds is 0. The van der Waals surface area contributed by atoms with Crippen molar-refractivity contribution in [2.24, 2.45) is 0 Å². The molecule has 0 amide bonds. The summed E-state index contributed by atoms with van der Waals surface area (Å²) in [4.78, 5) is 11.6. The molecule has 4 heteroatoms. The second-order valence-corrected chi connectivity index (χ2v) is 4.62. The van der Waals surface area contributed by atoms with Crippen molar-refractivity contribution in [3.63, 3.8) is 0 Å². The number of hydrogen-bond donors (Lipinski definition) is 0. The average molecular weight is 231 g/mol. The molecule has 0 atom stereocenters. The number of thioether (sulfide) groups is 1. The molecule has 0 saturated carbocycles. The van der Waals surface area contributed by atoms with E-state index in [4.69, 9.17) is 11.6 Å². The maximum atomic E-state index is 13.4. The van der Waals surface area contributed by atoms with E-state index in [2.05, 4.69) is 0 Å². The minimum absolute atomic E-state index is 0.0468. The van der Waals surface area contributed by atoms with Crippen LogP contribution in [0.15, 0.2) is 12.1 Å². The minimum Gasteiger partial charge on any atom is -0.294 e. The molecule has 0 spiro atoms. The number of Topliss-reactive ketones (excluding diaryl/α,β-unsaturated/α-hetero) is 1. The molecule has 0 aliphatic carbocycles. The van der Waals surface area contributed by atoms with Gasteiger partial charge in [0.1, 0.15) is 5.82 Å². The highest BCUT2D eigenvalue weighted by Gasteiger charge is 2.21. The normalized spacial score (nSPS) is 16.3. The van der Waals surface area contributed by atoms with Crippen molar-refractivity contribution < 1.29 is 9.18 Å². The number of hydrogen-bond acceptors (Lipinski definition) is 2. The lowest BCUT2D eigenvalue weighted by molar-refractivity contribution is 0.0989. The van der Waals surface area contributed by atoms with Gasteiger partial charge in [0, 0.05) is 29.1 Å². The molecular formula is C10H8ClFOS. The Morgan fingerprint density at radius 3 is 3.00 bits per heavy atom. The molecule has 1 aromatic carbocycles. The number of halogens is 2. The molecule has 0 fully saturated rings. The number of carbonyl (C=O) groups excluding carboxylic acids is 1. The van der Waals surface area contributed by atoms with E-state index in [-0.39, 0.29) is 11.6 Å². The van der Waals surface area contributed by atoms with E-state index in [9.17, 15) is 9.18 Å². The molecule has 14 heavy (non-hydrogen) atoms. The molecule has 0 aromatic heterocycles. The Morgan fingerprint density at radius 2 is 2.21 bits per heavy atom. The Labute approximate surface area is 90.6 Å². The summed E-state index contributed by atoms with van der Waals surface area (Å²) in [5, 5.41) is 0.369. The van der Waals surface area contributed by atoms with E-state index in [1.807, 2.05) is 0 Å². The molecule has 0 bridgehead atoms. The Kier molecular flexibility index (Phi) is 2.79. The standard InChI is InChI=1S/C10H8ClFOS/c11-7-1-2-8(12)6-5-14-4-3-9(13)10(6)7/h1-2H,3-5H2. The molecule has 0 radical (unpaired) electrons. The smallest absolute Gasteiger partial charge is 0.165 e. The number of benzene rings is 1. The highest BCUT2D eigenvalue weighted by atomic mass is 35.5. The number of fused-ring (bicyclic) bond motifs is 1. The van der Waals surface area contributed by atoms with E-state index >= 15 is 0 Å². The SMILES string of the molecule is O=C1CCSCc2c(F)ccc(Cl)c21. The van der Waals surface area contributed by atoms with Crippen molar-refractivity contribution in [3.8, 4) is 0 Å². The summed E-state index contributed by atoms with van der Waals surface area (Å²) in [7, 11) is 0. The maximum absolute atomic E-state index is 13.4. The Bertz CT molecular complexity index is 392. The zero-order chi connectivity index (χ0) is 10.1. The molecule has 1 aromatic rings. The van der Waals surface area contributed by atoms with Crippen LogP contribution in [0.25, 0.3) is 0 Å². The van der Waals surface area contributed by atoms with Gasteiger partial charge in [0.05, 0.1) is 5.02 Å². The molecule has 1 heterocycles. The van der Waals surface area contributed by atoms with E-state index < -0.39 is 0 Å². The van der Waals surface area contributed by atoms with Gasteiger partial charge >= 0.3 is 0 Å². The van der Waals surface area contributed by atoms with Gasteiger partial charge in [-0.2, -0.15) is 11.8 Å². The lowest BCUT2D eigenvalue weighted by Crippen LogP contribution is -2.04. The molecule has 2 rings (SSSR count). The molecule has 0 unspecified atom stereocenters. The van der Waals surface area contributed by atoms with E-state index in [1.165, 1.54) is 12.1 Å². The van der Waals surface area contributed by atoms with Crippen molar-refractivity contribution in [1.29, 1.82) is 0 Å². The minimum atomic E-state index is -0.327. The van der Waals surface area contributed by atoms with Gasteiger partial charge in [0.15, 0.2) is 5.78 Å². The third kappa shape index (κ3) is 1.66. The van der Waals surface area contributed by atoms with Gasteiger partial charge in [0.25, 0.3) is 0 Å². The maximum Gasteiger partial charge on any atom is 0.165 e. The average Bonchev–Trinajstić information content (AvgIpc) is 2.35. The largest absolute Gasteiger partial charge is 0.294 e. The molecule has 0 N–H and O–H groups in total. The van der Waals surface area contributed by atoms with Crippen molar-refractivity contribution >= 4 is 29.1 Å². The predicted octanol–water partition coefficient (Wildman–Crippen LogP) is 3.30. The van der Waals surface area contributed by atoms with Crippen LogP contribution < -0.4 is 0 Å². The summed E-state index contributed by atoms with van der Waals surface area (Å²) in [6, 6.07) is 2.77. The first kappa shape index (κ1) is 9.99. The van der Waals surface area contributed by atoms with Crippen LogP contribution in [0, 0.1) is 5.82 Å². The van der Waals surface area contributed by atoms with Gasteiger partial charge in [-0.25, -0.2) is 4.39 Å². The van der Waals surface area contributed by atoms with Crippen molar-refractivity contribution in [3.05, 3.63) is 34.1 Å². The fourth-order valence-electron chi connectivity index (χ4n) is 1.50. The number of carbonyl (C=O) groups is 1. The lowest BCUT2D eigenvalue weighted by Gasteiger charge is -2.06. The van der Waals surface area contributed by atoms with Crippen LogP contribution in [0.2, 0.25) is 5.02 Å². The molecule has 1 aliphatic heterocycles. The summed E-state index contributed by atoms with van der Waals surface area (Å²) >= 11 is 7.45. The summed E-state index contributed by atoms with van der Waals surface area (Å²) in [5.74, 6) is 0.901. The zero-order valence-corrected chi connectivity index (χ0v) is 8.92. The third-order valence-electron chi connectivity index (χ3n) is 2.20. The van der Waals surface area contributed by atoms with E-state index in [0.29, 0.717) is 28.3 Å². The van der Waals surface area contributed by atoms with Crippen LogP contribution >= 0.6 is 23.4 Å². The highest BCUT2D eigenvalue weighted by Crippen LogP contribution is 2.30. The molecule has 1 nitrogen and oxygen atoms in total. The second kappa shape index (κ2) is 3.91. The summed E-state index contributed by atoms with van der Waals surface area (Å²) in [5.41, 5.74) is 0.849. The van der Waals surface area contributed by atoms with Crippen LogP contribution in [0.5, 0.6) is 0 Å². The van der Waals surface area contributed by atoms with Crippen molar-refractivity contribution in [2.45, 2.75) is 12.2 Å². The van der Waals surface area contributed by atoms with E-state index in [1.54, 1.807) is 11.8 Å². The van der Waals surface area contributed by atoms with Gasteiger partial charge in [-0.15, -0.1) is 0 Å². The third-order valence-corrected chi connectivity index (χ3v) is 3.50. The van der Waals surface area contributed by atoms with Crippen LogP contribution in [0.4, 0.5) is 4.39 Å². The predicted molar refractivity (Wildman–Crippen MR) is 56.5 cm³/mol. The lowest BCUT2D eigenvalue weighted by atomic mass is 10.0. The number of ketones is 1. The van der Waals surface area contributed by atoms with Crippen molar-refractivity contribution in [1.82, 2.24) is 0 Å². The summed E-state index contributed by atoms with van der Waals surface area (Å²) in [6.45, 7) is 0. The molecular weight excluding hydrogens is 223 g/mol. The second-order valence-electron chi connectivity index (χ2n) is 3.11. The van der Waals surface area contributed by atoms with Crippen LogP contribution in [-0.2, 0) is 5.75 Å². The Morgan fingerprint density at radius 1 is 1.43 bits per heavy atom. The fraction of sp³-hybridized carbons (Fsp3) is 0.300. The summed E-state index contributed by atoms with van der Waals surface area (Å²) < 4.78 is 13.4. The van der Waals surface area contributed by atoms with E-state index in [0.717, 1.165) is 5.75 Å². The fourth-order valence-corrected chi connectivity index (χ4v) is 2.74. The zero-order valence-electron chi connectivity index (χ0n) is 7.35. The monoisotopic (exact) mass is 230 g/mol. The van der Waals surface area contributed by atoms with Gasteiger partial charge < -0.3 is 0 Å². The first-order valence-corrected chi connectivity index (χ1v) is 5.81. The van der Waals surface area contributed by atoms with Gasteiger partial charge in [-0.1, -0.05) is 11.6 Å². The van der Waals surface area contributed by atoms with Gasteiger partial charge in [0.2, 0.25) is 0 Å². The van der Waals surface area contributed by atoms with Crippen LogP contribution in [-0.4, -0.2) is 11.5 Å². The Balaban J connectivity index is 2.62. The van der Waals surface area contributed by atoms with Crippen LogP contribution in [0.1, 0.15) is 22.3 Å². The molecule has 0 saturated heterocycles. The first-order valence-electron chi connectivity index (χ1n) is 4.28. The van der Waals surface area contributed by atoms with Crippen LogP contribution in [0.3, 0.4) is 0 Å². The summed E-state index contributed by atoms with van der Waals surface area (Å²) in [6.07, 6.45) is 0.445. The Hall–Kier alpha value is -0.540. The van der Waals surface area contributed by atoms with Gasteiger partial charge in [-0.05, 0) is 12.1 Å². The topological polar surface area (TPSA) is 17.1 Å². The molecule has 74 valence electrons. The van der Waals surface area contributed by atoms with Gasteiger partial charge in [-0.3, -0.25) is 4.79 Å². The quantitative estimate of drug-likeness (QED) is 0.680.